The summed E-state index contributed by atoms with van der Waals surface area (Å²) in [6.07, 6.45) is -1.01. The molecule has 1 aliphatic heterocycles. The van der Waals surface area contributed by atoms with Gasteiger partial charge in [0.25, 0.3) is 0 Å². The number of benzene rings is 1. The van der Waals surface area contributed by atoms with Gasteiger partial charge in [0, 0.05) is 24.0 Å². The van der Waals surface area contributed by atoms with Gasteiger partial charge in [0.2, 0.25) is 11.6 Å². The molecule has 1 aliphatic carbocycles. The van der Waals surface area contributed by atoms with Crippen molar-refractivity contribution in [3.63, 3.8) is 0 Å². The molecule has 120 valence electrons. The van der Waals surface area contributed by atoms with Crippen LogP contribution in [-0.4, -0.2) is 23.5 Å². The fourth-order valence-electron chi connectivity index (χ4n) is 2.58. The van der Waals surface area contributed by atoms with Gasteiger partial charge in [0.15, 0.2) is 6.17 Å². The lowest BCUT2D eigenvalue weighted by atomic mass is 9.83. The molecule has 1 N–H and O–H groups in total. The van der Waals surface area contributed by atoms with Crippen molar-refractivity contribution in [2.45, 2.75) is 24.7 Å². The third-order valence-electron chi connectivity index (χ3n) is 3.85. The summed E-state index contributed by atoms with van der Waals surface area (Å²) in [5.41, 5.74) is -1.54. The van der Waals surface area contributed by atoms with Crippen molar-refractivity contribution < 1.29 is 22.4 Å². The molecule has 3 rings (SSSR count). The average Bonchev–Trinajstić information content (AvgIpc) is 2.55. The van der Waals surface area contributed by atoms with Crippen LogP contribution in [0.15, 0.2) is 47.3 Å². The molecule has 0 saturated carbocycles. The highest BCUT2D eigenvalue weighted by molar-refractivity contribution is 6.01. The molecule has 2 atom stereocenters. The second kappa shape index (κ2) is 5.64. The molecule has 0 fully saturated rings. The van der Waals surface area contributed by atoms with E-state index in [0.29, 0.717) is 0 Å². The van der Waals surface area contributed by atoms with E-state index in [9.17, 15) is 22.4 Å². The maximum absolute atomic E-state index is 14.9. The number of nitrogens with zero attached hydrogens (tertiary/aromatic N) is 1. The lowest BCUT2D eigenvalue weighted by Crippen LogP contribution is -2.46. The molecule has 23 heavy (non-hydrogen) atoms. The number of carbonyl (C=O) groups is 1. The van der Waals surface area contributed by atoms with E-state index in [1.165, 1.54) is 18.2 Å². The number of nitrogens with one attached hydrogen (secondary N) is 1. The number of allylic oxidation sites excluding steroid dienone is 4. The van der Waals surface area contributed by atoms with Gasteiger partial charge >= 0.3 is 0 Å². The first-order valence-corrected chi connectivity index (χ1v) is 6.96. The van der Waals surface area contributed by atoms with Crippen LogP contribution in [0.25, 0.3) is 5.57 Å². The van der Waals surface area contributed by atoms with Gasteiger partial charge in [-0.2, -0.15) is 5.10 Å². The van der Waals surface area contributed by atoms with Crippen LogP contribution in [0.4, 0.5) is 17.6 Å². The van der Waals surface area contributed by atoms with E-state index in [0.717, 1.165) is 18.2 Å². The summed E-state index contributed by atoms with van der Waals surface area (Å²) in [6, 6.07) is 5.27. The minimum atomic E-state index is -2.80. The van der Waals surface area contributed by atoms with E-state index < -0.39 is 29.4 Å². The van der Waals surface area contributed by atoms with Gasteiger partial charge in [-0.1, -0.05) is 24.3 Å². The highest BCUT2D eigenvalue weighted by Gasteiger charge is 2.48. The monoisotopic (exact) mass is 324 g/mol. The molecule has 1 heterocycles. The fourth-order valence-corrected chi connectivity index (χ4v) is 2.58. The smallest absolute Gasteiger partial charge is 0.240 e. The van der Waals surface area contributed by atoms with Crippen LogP contribution in [0.3, 0.4) is 0 Å². The Kier molecular flexibility index (Phi) is 3.79. The zero-order valence-corrected chi connectivity index (χ0v) is 11.8. The second-order valence-electron chi connectivity index (χ2n) is 5.30. The Bertz CT molecular complexity index is 756. The van der Waals surface area contributed by atoms with Crippen LogP contribution in [0.5, 0.6) is 0 Å². The summed E-state index contributed by atoms with van der Waals surface area (Å²) in [5, 5.41) is 3.49. The number of hydrazone groups is 1. The summed E-state index contributed by atoms with van der Waals surface area (Å²) < 4.78 is 57.4. The van der Waals surface area contributed by atoms with E-state index in [1.54, 1.807) is 0 Å². The zero-order chi connectivity index (χ0) is 16.6. The molecule has 2 unspecified atom stereocenters. The first-order valence-electron chi connectivity index (χ1n) is 6.96. The van der Waals surface area contributed by atoms with E-state index in [2.05, 4.69) is 10.5 Å². The Morgan fingerprint density at radius 3 is 2.61 bits per heavy atom. The summed E-state index contributed by atoms with van der Waals surface area (Å²) in [5.74, 6) is -2.56. The van der Waals surface area contributed by atoms with Crippen molar-refractivity contribution in [2.24, 2.45) is 5.10 Å². The molecule has 2 aliphatic rings. The topological polar surface area (TPSA) is 41.5 Å². The maximum Gasteiger partial charge on any atom is 0.240 e. The molecule has 0 radical (unpaired) electrons. The first kappa shape index (κ1) is 15.5. The Labute approximate surface area is 129 Å². The lowest BCUT2D eigenvalue weighted by Gasteiger charge is -2.31. The van der Waals surface area contributed by atoms with E-state index in [4.69, 9.17) is 0 Å². The van der Waals surface area contributed by atoms with Crippen LogP contribution in [0, 0.1) is 5.82 Å². The molecule has 1 aromatic carbocycles. The molecule has 0 bridgehead atoms. The predicted octanol–water partition coefficient (Wildman–Crippen LogP) is 3.39. The van der Waals surface area contributed by atoms with Crippen molar-refractivity contribution in [2.75, 3.05) is 0 Å². The van der Waals surface area contributed by atoms with Crippen LogP contribution < -0.4 is 5.43 Å². The largest absolute Gasteiger partial charge is 0.273 e. The van der Waals surface area contributed by atoms with Gasteiger partial charge in [0.1, 0.15) is 11.6 Å². The van der Waals surface area contributed by atoms with Crippen molar-refractivity contribution in [1.29, 1.82) is 0 Å². The fraction of sp³-hybridized carbons (Fsp3) is 0.250. The third-order valence-corrected chi connectivity index (χ3v) is 3.85. The maximum atomic E-state index is 14.9. The minimum Gasteiger partial charge on any atom is -0.273 e. The highest BCUT2D eigenvalue weighted by atomic mass is 19.2. The van der Waals surface area contributed by atoms with Crippen LogP contribution >= 0.6 is 0 Å². The second-order valence-corrected chi connectivity index (χ2v) is 5.30. The SMILES string of the molecule is O=C1CCC(C2(F)C=CC(c3ccccc3F)=C(F)C2F)=NN1. The third kappa shape index (κ3) is 2.56. The molecular formula is C16H12F4N2O. The zero-order valence-electron chi connectivity index (χ0n) is 11.8. The molecule has 3 nitrogen and oxygen atoms in total. The van der Waals surface area contributed by atoms with Crippen molar-refractivity contribution >= 4 is 17.2 Å². The molecule has 0 spiro atoms. The van der Waals surface area contributed by atoms with Gasteiger partial charge in [-0.25, -0.2) is 23.0 Å². The Morgan fingerprint density at radius 2 is 1.96 bits per heavy atom. The quantitative estimate of drug-likeness (QED) is 0.833. The Morgan fingerprint density at radius 1 is 1.22 bits per heavy atom. The van der Waals surface area contributed by atoms with E-state index in [1.807, 2.05) is 0 Å². The van der Waals surface area contributed by atoms with Gasteiger partial charge in [-0.05, 0) is 12.1 Å². The molecule has 0 aromatic heterocycles. The summed E-state index contributed by atoms with van der Waals surface area (Å²) in [7, 11) is 0. The number of carbonyl (C=O) groups excluding carboxylic acids is 1. The number of rotatable bonds is 2. The summed E-state index contributed by atoms with van der Waals surface area (Å²) >= 11 is 0. The Hall–Kier alpha value is -2.44. The van der Waals surface area contributed by atoms with Gasteiger partial charge in [-0.3, -0.25) is 4.79 Å². The standard InChI is InChI=1S/C16H12F4N2O/c17-11-4-2-1-3-9(11)10-7-8-16(20,15(19)14(10)18)12-5-6-13(23)22-21-12/h1-4,7-8,15H,5-6H2,(H,22,23). The molecule has 7 heteroatoms. The van der Waals surface area contributed by atoms with Gasteiger partial charge < -0.3 is 0 Å². The Balaban J connectivity index is 1.99. The average molecular weight is 324 g/mol. The van der Waals surface area contributed by atoms with Crippen molar-refractivity contribution in [1.82, 2.24) is 5.43 Å². The number of amides is 1. The minimum absolute atomic E-state index is 0.0590. The highest BCUT2D eigenvalue weighted by Crippen LogP contribution is 2.40. The molecular weight excluding hydrogens is 312 g/mol. The van der Waals surface area contributed by atoms with Gasteiger partial charge in [-0.15, -0.1) is 0 Å². The van der Waals surface area contributed by atoms with Crippen LogP contribution in [0.1, 0.15) is 18.4 Å². The summed E-state index contributed by atoms with van der Waals surface area (Å²) in [4.78, 5) is 11.0. The molecule has 1 aromatic rings. The number of halogens is 4. The van der Waals surface area contributed by atoms with Crippen LogP contribution in [0.2, 0.25) is 0 Å². The number of hydrogen-bond donors (Lipinski definition) is 1. The van der Waals surface area contributed by atoms with E-state index >= 15 is 0 Å². The lowest BCUT2D eigenvalue weighted by molar-refractivity contribution is -0.121. The van der Waals surface area contributed by atoms with Crippen LogP contribution in [-0.2, 0) is 4.79 Å². The summed E-state index contributed by atoms with van der Waals surface area (Å²) in [6.45, 7) is 0. The van der Waals surface area contributed by atoms with Crippen molar-refractivity contribution in [3.05, 3.63) is 53.6 Å². The molecule has 0 saturated heterocycles. The number of alkyl halides is 2. The van der Waals surface area contributed by atoms with Crippen molar-refractivity contribution in [3.8, 4) is 0 Å². The normalized spacial score (nSPS) is 27.7. The molecule has 1 amide bonds. The number of hydrogen-bond acceptors (Lipinski definition) is 2. The predicted molar refractivity (Wildman–Crippen MR) is 77.1 cm³/mol. The first-order chi connectivity index (χ1) is 10.9. The van der Waals surface area contributed by atoms with Gasteiger partial charge in [0.05, 0.1) is 5.71 Å². The van der Waals surface area contributed by atoms with E-state index in [-0.39, 0.29) is 29.7 Å².